The predicted molar refractivity (Wildman–Crippen MR) is 163 cm³/mol. The Morgan fingerprint density at radius 3 is 1.59 bits per heavy atom. The summed E-state index contributed by atoms with van der Waals surface area (Å²) in [6.45, 7) is 6.51. The van der Waals surface area contributed by atoms with Crippen LogP contribution in [0.4, 0.5) is 0 Å². The molecule has 3 aromatic rings. The van der Waals surface area contributed by atoms with Gasteiger partial charge in [-0.2, -0.15) is 0 Å². The van der Waals surface area contributed by atoms with Gasteiger partial charge in [0, 0.05) is 44.7 Å². The molecule has 0 radical (unpaired) electrons. The molecule has 0 bridgehead atoms. The van der Waals surface area contributed by atoms with Crippen LogP contribution in [-0.4, -0.2) is 118 Å². The lowest BCUT2D eigenvalue weighted by atomic mass is 10.2. The van der Waals surface area contributed by atoms with Gasteiger partial charge in [0.05, 0.1) is 75.1 Å². The summed E-state index contributed by atoms with van der Waals surface area (Å²) >= 11 is 0. The second-order valence-electron chi connectivity index (χ2n) is 10.2. The third-order valence-electron chi connectivity index (χ3n) is 6.88. The quantitative estimate of drug-likeness (QED) is 0.271. The first-order chi connectivity index (χ1) is 21.1. The molecule has 242 valence electrons. The number of aromatic nitrogens is 2. The van der Waals surface area contributed by atoms with Crippen LogP contribution >= 0.6 is 15.2 Å². The van der Waals surface area contributed by atoms with Gasteiger partial charge in [0.1, 0.15) is 0 Å². The number of nitrogens with zero attached hydrogens (tertiary/aromatic N) is 4. The number of hydrogen-bond acceptors (Lipinski definition) is 10. The Labute approximate surface area is 256 Å². The number of fused-ring (bicyclic) bond motifs is 1. The molecule has 0 spiro atoms. The minimum absolute atomic E-state index is 0.0860. The zero-order valence-electron chi connectivity index (χ0n) is 24.4. The maximum atomic E-state index is 12.0. The van der Waals surface area contributed by atoms with E-state index in [4.69, 9.17) is 18.9 Å². The van der Waals surface area contributed by atoms with Crippen molar-refractivity contribution in [3.63, 3.8) is 0 Å². The molecule has 3 heterocycles. The highest BCUT2D eigenvalue weighted by Crippen LogP contribution is 2.35. The average molecular weight is 655 g/mol. The molecule has 0 saturated carbocycles. The average Bonchev–Trinajstić information content (AvgIpc) is 2.97. The van der Waals surface area contributed by atoms with Gasteiger partial charge in [-0.1, -0.05) is 24.3 Å². The molecule has 4 N–H and O–H groups in total. The van der Waals surface area contributed by atoms with Gasteiger partial charge in [0.25, 0.3) is 0 Å². The van der Waals surface area contributed by atoms with Crippen LogP contribution in [-0.2, 0) is 41.2 Å². The summed E-state index contributed by atoms with van der Waals surface area (Å²) in [5.41, 5.74) is 1.27. The molecule has 0 aliphatic carbocycles. The van der Waals surface area contributed by atoms with Crippen LogP contribution in [0.1, 0.15) is 11.4 Å². The molecule has 0 amide bonds. The van der Waals surface area contributed by atoms with Crippen molar-refractivity contribution in [3.05, 3.63) is 59.9 Å². The topological polar surface area (TPSA) is 184 Å². The van der Waals surface area contributed by atoms with E-state index in [0.717, 1.165) is 0 Å². The normalized spacial score (nSPS) is 18.5. The molecule has 2 aromatic heterocycles. The first kappa shape index (κ1) is 34.7. The third kappa shape index (κ3) is 11.3. The maximum Gasteiger partial charge on any atom is 0.374 e. The minimum atomic E-state index is -4.48. The highest BCUT2D eigenvalue weighted by atomic mass is 31.2. The van der Waals surface area contributed by atoms with E-state index in [2.05, 4.69) is 19.8 Å². The summed E-state index contributed by atoms with van der Waals surface area (Å²) in [7, 11) is -8.91. The second kappa shape index (κ2) is 17.0. The van der Waals surface area contributed by atoms with E-state index in [0.29, 0.717) is 114 Å². The van der Waals surface area contributed by atoms with E-state index in [1.807, 2.05) is 12.1 Å². The lowest BCUT2D eigenvalue weighted by Gasteiger charge is -2.23. The van der Waals surface area contributed by atoms with Gasteiger partial charge in [-0.3, -0.25) is 23.9 Å². The van der Waals surface area contributed by atoms with Gasteiger partial charge < -0.3 is 38.5 Å². The molecule has 1 saturated heterocycles. The van der Waals surface area contributed by atoms with Crippen molar-refractivity contribution >= 4 is 36.8 Å². The van der Waals surface area contributed by atoms with Crippen LogP contribution in [0.5, 0.6) is 0 Å². The number of ether oxygens (including phenoxy) is 4. The molecule has 14 nitrogen and oxygen atoms in total. The standard InChI is InChI=1S/C28H40N4O10P2/c33-43(34,35)26-5-1-3-23-7-8-25(30-28(23)26)22-32-11-15-41-19-17-39-13-9-31(10-14-40-18-20-42-16-12-32)21-24-4-2-6-27(29-24)44(36,37)38/h1-8H,9-22H2,(H2,33,34,35)(H2,36,37,38). The van der Waals surface area contributed by atoms with E-state index in [9.17, 15) is 28.7 Å². The molecule has 0 atom stereocenters. The van der Waals surface area contributed by atoms with Gasteiger partial charge in [0.15, 0.2) is 5.44 Å². The minimum Gasteiger partial charge on any atom is -0.378 e. The fourth-order valence-corrected chi connectivity index (χ4v) is 5.90. The van der Waals surface area contributed by atoms with Gasteiger partial charge in [0.2, 0.25) is 0 Å². The van der Waals surface area contributed by atoms with Gasteiger partial charge in [-0.15, -0.1) is 0 Å². The highest BCUT2D eigenvalue weighted by molar-refractivity contribution is 7.60. The second-order valence-corrected chi connectivity index (χ2v) is 13.3. The first-order valence-corrected chi connectivity index (χ1v) is 17.5. The SMILES string of the molecule is O=P(O)(O)c1cccc(CN2CCOCCOCCN(Cc3ccc4cccc(P(=O)(O)O)c4n3)CCOCCOCC2)n1. The van der Waals surface area contributed by atoms with Crippen molar-refractivity contribution < 1.29 is 47.7 Å². The van der Waals surface area contributed by atoms with E-state index in [1.165, 1.54) is 12.1 Å². The van der Waals surface area contributed by atoms with Crippen molar-refractivity contribution in [1.82, 2.24) is 19.8 Å². The molecule has 4 rings (SSSR count). The number of rotatable bonds is 6. The summed E-state index contributed by atoms with van der Waals surface area (Å²) in [4.78, 5) is 51.3. The molecule has 1 aliphatic heterocycles. The van der Waals surface area contributed by atoms with Crippen LogP contribution in [0.15, 0.2) is 48.5 Å². The van der Waals surface area contributed by atoms with Crippen LogP contribution in [0.25, 0.3) is 10.9 Å². The van der Waals surface area contributed by atoms with Crippen LogP contribution in [0, 0.1) is 0 Å². The summed E-state index contributed by atoms with van der Waals surface area (Å²) in [6.07, 6.45) is 0. The number of hydrogen-bond donors (Lipinski definition) is 4. The summed E-state index contributed by atoms with van der Waals surface area (Å²) in [5, 5.41) is 0.576. The van der Waals surface area contributed by atoms with Crippen LogP contribution < -0.4 is 10.7 Å². The number of benzene rings is 1. The van der Waals surface area contributed by atoms with E-state index >= 15 is 0 Å². The zero-order valence-corrected chi connectivity index (χ0v) is 26.2. The van der Waals surface area contributed by atoms with Gasteiger partial charge in [-0.05, 0) is 24.3 Å². The Kier molecular flexibility index (Phi) is 13.4. The predicted octanol–water partition coefficient (Wildman–Crippen LogP) is 0.620. The molecule has 44 heavy (non-hydrogen) atoms. The molecule has 0 unspecified atom stereocenters. The smallest absolute Gasteiger partial charge is 0.374 e. The van der Waals surface area contributed by atoms with Crippen molar-refractivity contribution in [3.8, 4) is 0 Å². The Balaban J connectivity index is 1.31. The Morgan fingerprint density at radius 2 is 1.09 bits per heavy atom. The fraction of sp³-hybridized carbons (Fsp3) is 0.500. The van der Waals surface area contributed by atoms with Gasteiger partial charge in [-0.25, -0.2) is 4.98 Å². The molecule has 1 fully saturated rings. The van der Waals surface area contributed by atoms with Crippen molar-refractivity contribution in [1.29, 1.82) is 0 Å². The summed E-state index contributed by atoms with van der Waals surface area (Å²) < 4.78 is 46.7. The van der Waals surface area contributed by atoms with Crippen molar-refractivity contribution in [2.24, 2.45) is 0 Å². The third-order valence-corrected chi connectivity index (χ3v) is 8.72. The van der Waals surface area contributed by atoms with E-state index < -0.39 is 15.2 Å². The lowest BCUT2D eigenvalue weighted by molar-refractivity contribution is 0.00600. The Hall–Kier alpha value is -2.16. The van der Waals surface area contributed by atoms with E-state index in [-0.39, 0.29) is 10.7 Å². The van der Waals surface area contributed by atoms with Crippen molar-refractivity contribution in [2.45, 2.75) is 13.1 Å². The van der Waals surface area contributed by atoms with Crippen LogP contribution in [0.2, 0.25) is 0 Å². The molecule has 16 heteroatoms. The lowest BCUT2D eigenvalue weighted by Crippen LogP contribution is -2.33. The highest BCUT2D eigenvalue weighted by Gasteiger charge is 2.22. The Bertz CT molecular complexity index is 1420. The number of pyridine rings is 2. The van der Waals surface area contributed by atoms with Gasteiger partial charge >= 0.3 is 15.2 Å². The maximum absolute atomic E-state index is 12.0. The number of para-hydroxylation sites is 1. The molecular weight excluding hydrogens is 614 g/mol. The fourth-order valence-electron chi connectivity index (χ4n) is 4.63. The van der Waals surface area contributed by atoms with Crippen LogP contribution in [0.3, 0.4) is 0 Å². The largest absolute Gasteiger partial charge is 0.378 e. The molecule has 1 aromatic carbocycles. The summed E-state index contributed by atoms with van der Waals surface area (Å²) in [6, 6.07) is 13.1. The first-order valence-electron chi connectivity index (χ1n) is 14.3. The molecular formula is C28H40N4O10P2. The Morgan fingerprint density at radius 1 is 0.591 bits per heavy atom. The van der Waals surface area contributed by atoms with Crippen molar-refractivity contribution in [2.75, 3.05) is 79.0 Å². The van der Waals surface area contributed by atoms with E-state index in [1.54, 1.807) is 24.3 Å². The summed E-state index contributed by atoms with van der Waals surface area (Å²) in [5.74, 6) is 0. The zero-order chi connectivity index (χ0) is 31.4. The monoisotopic (exact) mass is 654 g/mol. The molecule has 1 aliphatic rings.